The fraction of sp³-hybridized carbons (Fsp3) is 0.429. The van der Waals surface area contributed by atoms with Crippen molar-refractivity contribution in [1.29, 1.82) is 5.41 Å². The molecule has 1 aromatic rings. The lowest BCUT2D eigenvalue weighted by molar-refractivity contribution is -0.130. The van der Waals surface area contributed by atoms with Crippen LogP contribution in [0, 0.1) is 10.3 Å². The molecule has 0 spiro atoms. The lowest BCUT2D eigenvalue weighted by Crippen LogP contribution is -2.39. The highest BCUT2D eigenvalue weighted by atomic mass is 35.5. The summed E-state index contributed by atoms with van der Waals surface area (Å²) in [5.41, 5.74) is 8.05. The third-order valence-corrected chi connectivity index (χ3v) is 4.06. The van der Waals surface area contributed by atoms with Gasteiger partial charge in [0.1, 0.15) is 0 Å². The maximum absolute atomic E-state index is 11.6. The number of halogens is 1. The Morgan fingerprint density at radius 3 is 2.71 bits per heavy atom. The number of anilines is 1. The predicted octanol–water partition coefficient (Wildman–Crippen LogP) is 2.39. The highest BCUT2D eigenvalue weighted by Crippen LogP contribution is 2.34. The fourth-order valence-electron chi connectivity index (χ4n) is 2.76. The van der Waals surface area contributed by atoms with Crippen LogP contribution >= 0.6 is 11.6 Å². The molecule has 1 fully saturated rings. The number of nitrogens with one attached hydrogen (secondary N) is 1. The molecule has 3 N–H and O–H groups in total. The van der Waals surface area contributed by atoms with Crippen molar-refractivity contribution in [2.75, 3.05) is 25.4 Å². The Labute approximate surface area is 127 Å². The number of rotatable bonds is 4. The first-order valence-corrected chi connectivity index (χ1v) is 7.11. The molecule has 1 aliphatic heterocycles. The van der Waals surface area contributed by atoms with Crippen molar-refractivity contribution in [3.05, 3.63) is 33.2 Å². The number of carbonyl (C=O) groups is 1. The van der Waals surface area contributed by atoms with Gasteiger partial charge in [-0.1, -0.05) is 16.8 Å². The molecule has 112 valence electrons. The zero-order chi connectivity index (χ0) is 15.4. The van der Waals surface area contributed by atoms with E-state index in [2.05, 4.69) is 5.18 Å². The van der Waals surface area contributed by atoms with E-state index in [0.29, 0.717) is 29.4 Å². The van der Waals surface area contributed by atoms with Gasteiger partial charge in [0.2, 0.25) is 5.91 Å². The molecule has 2 rings (SSSR count). The van der Waals surface area contributed by atoms with Crippen molar-refractivity contribution in [2.24, 2.45) is 5.18 Å². The van der Waals surface area contributed by atoms with Crippen molar-refractivity contribution in [2.45, 2.75) is 18.8 Å². The average Bonchev–Trinajstić information content (AvgIpc) is 2.47. The Morgan fingerprint density at radius 1 is 1.48 bits per heavy atom. The third-order valence-electron chi connectivity index (χ3n) is 3.84. The maximum Gasteiger partial charge on any atom is 0.247 e. The van der Waals surface area contributed by atoms with Crippen molar-refractivity contribution in [1.82, 2.24) is 4.90 Å². The molecule has 0 unspecified atom stereocenters. The number of piperidine rings is 1. The summed E-state index contributed by atoms with van der Waals surface area (Å²) in [7, 11) is 0. The van der Waals surface area contributed by atoms with Gasteiger partial charge in [-0.05, 0) is 36.5 Å². The monoisotopic (exact) mass is 308 g/mol. The Morgan fingerprint density at radius 2 is 2.14 bits per heavy atom. The van der Waals surface area contributed by atoms with Crippen molar-refractivity contribution < 1.29 is 4.79 Å². The Bertz CT molecular complexity index is 568. The van der Waals surface area contributed by atoms with Gasteiger partial charge in [0.25, 0.3) is 0 Å². The normalized spacial score (nSPS) is 15.8. The first-order chi connectivity index (χ1) is 10.1. The molecule has 0 bridgehead atoms. The summed E-state index contributed by atoms with van der Waals surface area (Å²) in [6, 6.07) is 3.48. The first-order valence-electron chi connectivity index (χ1n) is 6.73. The molecule has 0 atom stereocenters. The number of nitroso groups, excluding NO2 is 1. The molecule has 0 aliphatic carbocycles. The highest BCUT2D eigenvalue weighted by Gasteiger charge is 2.25. The quantitative estimate of drug-likeness (QED) is 0.507. The number of nitrogen functional groups attached to an aromatic ring is 1. The van der Waals surface area contributed by atoms with Gasteiger partial charge in [-0.2, -0.15) is 4.91 Å². The second kappa shape index (κ2) is 6.67. The minimum absolute atomic E-state index is 0.204. The SMILES string of the molecule is N=Cc1c(N)cc(Cl)cc1C1CCN(C(=O)CN=O)CC1. The molecule has 0 radical (unpaired) electrons. The number of hydrogen-bond donors (Lipinski definition) is 2. The van der Waals surface area contributed by atoms with E-state index in [-0.39, 0.29) is 18.4 Å². The van der Waals surface area contributed by atoms with Gasteiger partial charge in [-0.25, -0.2) is 0 Å². The van der Waals surface area contributed by atoms with Crippen molar-refractivity contribution >= 4 is 29.4 Å². The Hall–Kier alpha value is -1.95. The molecular formula is C14H17ClN4O2. The van der Waals surface area contributed by atoms with E-state index < -0.39 is 0 Å². The summed E-state index contributed by atoms with van der Waals surface area (Å²) in [4.78, 5) is 23.4. The standard InChI is InChI=1S/C14H17ClN4O2/c15-10-5-11(12(7-16)13(17)6-10)9-1-3-19(4-2-9)14(20)8-18-21/h5-7,9,16H,1-4,8,17H2. The molecule has 1 heterocycles. The minimum atomic E-state index is -0.305. The fourth-order valence-corrected chi connectivity index (χ4v) is 3.00. The van der Waals surface area contributed by atoms with Crippen LogP contribution in [0.1, 0.15) is 29.9 Å². The summed E-state index contributed by atoms with van der Waals surface area (Å²) < 4.78 is 0. The second-order valence-electron chi connectivity index (χ2n) is 5.08. The minimum Gasteiger partial charge on any atom is -0.398 e. The molecule has 7 heteroatoms. The smallest absolute Gasteiger partial charge is 0.247 e. The van der Waals surface area contributed by atoms with Gasteiger partial charge in [0.05, 0.1) is 0 Å². The molecular weight excluding hydrogens is 292 g/mol. The van der Waals surface area contributed by atoms with Gasteiger partial charge in [-0.3, -0.25) is 4.79 Å². The van der Waals surface area contributed by atoms with Gasteiger partial charge in [0.15, 0.2) is 6.54 Å². The van der Waals surface area contributed by atoms with E-state index in [1.165, 1.54) is 6.21 Å². The van der Waals surface area contributed by atoms with Crippen LogP contribution in [-0.4, -0.2) is 36.7 Å². The highest BCUT2D eigenvalue weighted by molar-refractivity contribution is 6.31. The van der Waals surface area contributed by atoms with Gasteiger partial charge < -0.3 is 16.0 Å². The number of nitrogens with zero attached hydrogens (tertiary/aromatic N) is 2. The van der Waals surface area contributed by atoms with Crippen LogP contribution in [0.25, 0.3) is 0 Å². The van der Waals surface area contributed by atoms with Gasteiger partial charge in [0, 0.05) is 35.6 Å². The lowest BCUT2D eigenvalue weighted by Gasteiger charge is -2.32. The number of nitrogens with two attached hydrogens (primary N) is 1. The van der Waals surface area contributed by atoms with E-state index in [1.807, 2.05) is 6.07 Å². The predicted molar refractivity (Wildman–Crippen MR) is 83.0 cm³/mol. The summed E-state index contributed by atoms with van der Waals surface area (Å²) >= 11 is 6.05. The topological polar surface area (TPSA) is 99.6 Å². The third kappa shape index (κ3) is 3.39. The van der Waals surface area contributed by atoms with E-state index in [0.717, 1.165) is 18.4 Å². The molecule has 1 saturated heterocycles. The maximum atomic E-state index is 11.6. The van der Waals surface area contributed by atoms with Crippen molar-refractivity contribution in [3.63, 3.8) is 0 Å². The van der Waals surface area contributed by atoms with Gasteiger partial charge in [-0.15, -0.1) is 0 Å². The zero-order valence-electron chi connectivity index (χ0n) is 11.5. The number of likely N-dealkylation sites (tertiary alicyclic amines) is 1. The van der Waals surface area contributed by atoms with Crippen LogP contribution in [0.3, 0.4) is 0 Å². The van der Waals surface area contributed by atoms with E-state index >= 15 is 0 Å². The number of benzene rings is 1. The zero-order valence-corrected chi connectivity index (χ0v) is 12.3. The first kappa shape index (κ1) is 15.4. The Balaban J connectivity index is 2.14. The molecule has 0 saturated carbocycles. The van der Waals surface area contributed by atoms with Crippen molar-refractivity contribution in [3.8, 4) is 0 Å². The van der Waals surface area contributed by atoms with E-state index in [4.69, 9.17) is 22.7 Å². The van der Waals surface area contributed by atoms with Crippen LogP contribution in [0.15, 0.2) is 17.3 Å². The lowest BCUT2D eigenvalue weighted by atomic mass is 9.86. The van der Waals surface area contributed by atoms with Crippen LogP contribution in [0.2, 0.25) is 5.02 Å². The largest absolute Gasteiger partial charge is 0.398 e. The summed E-state index contributed by atoms with van der Waals surface area (Å²) in [6.07, 6.45) is 2.76. The van der Waals surface area contributed by atoms with Crippen LogP contribution in [0.4, 0.5) is 5.69 Å². The Kier molecular flexibility index (Phi) is 4.90. The van der Waals surface area contributed by atoms with Gasteiger partial charge >= 0.3 is 0 Å². The summed E-state index contributed by atoms with van der Waals surface area (Å²) in [6.45, 7) is 0.840. The molecule has 1 aliphatic rings. The second-order valence-corrected chi connectivity index (χ2v) is 5.52. The summed E-state index contributed by atoms with van der Waals surface area (Å²) in [5.74, 6) is -0.0304. The number of amides is 1. The molecule has 21 heavy (non-hydrogen) atoms. The molecule has 0 aromatic heterocycles. The summed E-state index contributed by atoms with van der Waals surface area (Å²) in [5, 5.41) is 10.7. The van der Waals surface area contributed by atoms with Crippen LogP contribution in [0.5, 0.6) is 0 Å². The van der Waals surface area contributed by atoms with Crippen LogP contribution in [-0.2, 0) is 4.79 Å². The average molecular weight is 309 g/mol. The van der Waals surface area contributed by atoms with E-state index in [1.54, 1.807) is 11.0 Å². The number of carbonyl (C=O) groups excluding carboxylic acids is 1. The molecule has 6 nitrogen and oxygen atoms in total. The van der Waals surface area contributed by atoms with E-state index in [9.17, 15) is 9.70 Å². The molecule has 1 amide bonds. The molecule has 1 aromatic carbocycles. The number of hydrogen-bond acceptors (Lipinski definition) is 5. The van der Waals surface area contributed by atoms with Crippen LogP contribution < -0.4 is 5.73 Å².